The zero-order valence-electron chi connectivity index (χ0n) is 8.03. The van der Waals surface area contributed by atoms with Gasteiger partial charge in [0.1, 0.15) is 6.33 Å². The van der Waals surface area contributed by atoms with E-state index in [4.69, 9.17) is 4.74 Å². The van der Waals surface area contributed by atoms with Crippen molar-refractivity contribution in [2.45, 2.75) is 13.0 Å². The third-order valence-electron chi connectivity index (χ3n) is 1.80. The molecule has 1 heterocycles. The van der Waals surface area contributed by atoms with Crippen LogP contribution in [0.15, 0.2) is 18.6 Å². The first-order valence-corrected chi connectivity index (χ1v) is 4.39. The van der Waals surface area contributed by atoms with Crippen LogP contribution in [0.2, 0.25) is 0 Å². The number of hydrogen-bond donors (Lipinski definition) is 1. The van der Waals surface area contributed by atoms with Crippen molar-refractivity contribution in [3.63, 3.8) is 0 Å². The van der Waals surface area contributed by atoms with Crippen molar-refractivity contribution in [2.75, 3.05) is 20.3 Å². The van der Waals surface area contributed by atoms with Crippen LogP contribution in [0.3, 0.4) is 0 Å². The van der Waals surface area contributed by atoms with E-state index in [2.05, 4.69) is 15.3 Å². The first kappa shape index (κ1) is 10.1. The van der Waals surface area contributed by atoms with E-state index in [9.17, 15) is 0 Å². The Morgan fingerprint density at radius 2 is 2.46 bits per heavy atom. The molecule has 1 unspecified atom stereocenters. The highest BCUT2D eigenvalue weighted by Gasteiger charge is 2.09. The van der Waals surface area contributed by atoms with E-state index in [0.717, 1.165) is 12.3 Å². The number of ether oxygens (including phenoxy) is 1. The van der Waals surface area contributed by atoms with Crippen LogP contribution in [0.1, 0.15) is 18.7 Å². The molecule has 1 aromatic heterocycles. The van der Waals surface area contributed by atoms with Gasteiger partial charge in [0.05, 0.1) is 18.3 Å². The van der Waals surface area contributed by atoms with Crippen molar-refractivity contribution >= 4 is 0 Å². The van der Waals surface area contributed by atoms with Gasteiger partial charge < -0.3 is 10.1 Å². The average molecular weight is 181 g/mol. The summed E-state index contributed by atoms with van der Waals surface area (Å²) in [5.41, 5.74) is 0.964. The first-order chi connectivity index (χ1) is 6.38. The van der Waals surface area contributed by atoms with E-state index in [0.29, 0.717) is 6.61 Å². The van der Waals surface area contributed by atoms with E-state index < -0.39 is 0 Å². The Hall–Kier alpha value is -1.00. The lowest BCUT2D eigenvalue weighted by Gasteiger charge is -2.14. The number of aromatic nitrogens is 2. The molecule has 4 heteroatoms. The summed E-state index contributed by atoms with van der Waals surface area (Å²) < 4.78 is 5.32. The lowest BCUT2D eigenvalue weighted by molar-refractivity contribution is 0.124. The fourth-order valence-corrected chi connectivity index (χ4v) is 1.06. The minimum absolute atomic E-state index is 0.156. The average Bonchev–Trinajstić information content (AvgIpc) is 2.21. The molecule has 0 bridgehead atoms. The first-order valence-electron chi connectivity index (χ1n) is 4.39. The molecule has 0 aliphatic rings. The Morgan fingerprint density at radius 3 is 3.00 bits per heavy atom. The normalized spacial score (nSPS) is 12.8. The van der Waals surface area contributed by atoms with Crippen molar-refractivity contribution in [3.8, 4) is 0 Å². The number of nitrogens with zero attached hydrogens (tertiary/aromatic N) is 2. The highest BCUT2D eigenvalue weighted by atomic mass is 16.5. The summed E-state index contributed by atoms with van der Waals surface area (Å²) in [5.74, 6) is 0. The molecule has 0 fully saturated rings. The standard InChI is InChI=1S/C9H15N3O/c1-3-13-6-9(10-2)8-4-5-11-7-12-8/h4-5,7,9-10H,3,6H2,1-2H3. The van der Waals surface area contributed by atoms with Crippen molar-refractivity contribution in [1.82, 2.24) is 15.3 Å². The fourth-order valence-electron chi connectivity index (χ4n) is 1.06. The van der Waals surface area contributed by atoms with E-state index in [1.54, 1.807) is 12.5 Å². The molecule has 1 atom stereocenters. The minimum atomic E-state index is 0.156. The maximum atomic E-state index is 5.32. The second kappa shape index (κ2) is 5.61. The quantitative estimate of drug-likeness (QED) is 0.729. The van der Waals surface area contributed by atoms with Gasteiger partial charge in [0.2, 0.25) is 0 Å². The number of nitrogens with one attached hydrogen (secondary N) is 1. The molecular formula is C9H15N3O. The second-order valence-electron chi connectivity index (χ2n) is 2.63. The Bertz CT molecular complexity index is 228. The molecule has 0 spiro atoms. The van der Waals surface area contributed by atoms with Crippen molar-refractivity contribution in [1.29, 1.82) is 0 Å². The molecule has 0 radical (unpaired) electrons. The molecule has 1 aromatic rings. The minimum Gasteiger partial charge on any atom is -0.380 e. The van der Waals surface area contributed by atoms with Gasteiger partial charge in [-0.25, -0.2) is 9.97 Å². The predicted molar refractivity (Wildman–Crippen MR) is 50.3 cm³/mol. The Morgan fingerprint density at radius 1 is 1.62 bits per heavy atom. The van der Waals surface area contributed by atoms with Gasteiger partial charge in [-0.2, -0.15) is 0 Å². The van der Waals surface area contributed by atoms with Gasteiger partial charge in [0.15, 0.2) is 0 Å². The van der Waals surface area contributed by atoms with Crippen LogP contribution in [0.4, 0.5) is 0 Å². The SMILES string of the molecule is CCOCC(NC)c1ccncn1. The van der Waals surface area contributed by atoms with Gasteiger partial charge in [-0.05, 0) is 20.0 Å². The largest absolute Gasteiger partial charge is 0.380 e. The highest BCUT2D eigenvalue weighted by Crippen LogP contribution is 2.07. The summed E-state index contributed by atoms with van der Waals surface area (Å²) >= 11 is 0. The summed E-state index contributed by atoms with van der Waals surface area (Å²) in [5, 5.41) is 3.14. The molecule has 72 valence electrons. The topological polar surface area (TPSA) is 47.0 Å². The Balaban J connectivity index is 2.56. The summed E-state index contributed by atoms with van der Waals surface area (Å²) in [4.78, 5) is 8.01. The molecule has 4 nitrogen and oxygen atoms in total. The summed E-state index contributed by atoms with van der Waals surface area (Å²) in [7, 11) is 1.89. The monoisotopic (exact) mass is 181 g/mol. The number of likely N-dealkylation sites (N-methyl/N-ethyl adjacent to an activating group) is 1. The second-order valence-corrected chi connectivity index (χ2v) is 2.63. The third-order valence-corrected chi connectivity index (χ3v) is 1.80. The zero-order valence-corrected chi connectivity index (χ0v) is 8.03. The number of rotatable bonds is 5. The van der Waals surface area contributed by atoms with Crippen LogP contribution in [-0.2, 0) is 4.74 Å². The van der Waals surface area contributed by atoms with Crippen LogP contribution in [0.25, 0.3) is 0 Å². The van der Waals surface area contributed by atoms with E-state index in [1.165, 1.54) is 0 Å². The van der Waals surface area contributed by atoms with Crippen LogP contribution in [0, 0.1) is 0 Å². The van der Waals surface area contributed by atoms with E-state index >= 15 is 0 Å². The molecule has 0 aliphatic heterocycles. The van der Waals surface area contributed by atoms with Crippen LogP contribution in [-0.4, -0.2) is 30.2 Å². The number of hydrogen-bond acceptors (Lipinski definition) is 4. The van der Waals surface area contributed by atoms with Gasteiger partial charge >= 0.3 is 0 Å². The van der Waals surface area contributed by atoms with E-state index in [-0.39, 0.29) is 6.04 Å². The molecular weight excluding hydrogens is 166 g/mol. The maximum Gasteiger partial charge on any atom is 0.115 e. The van der Waals surface area contributed by atoms with Crippen LogP contribution in [0.5, 0.6) is 0 Å². The molecule has 13 heavy (non-hydrogen) atoms. The summed E-state index contributed by atoms with van der Waals surface area (Å²) in [6, 6.07) is 2.04. The fraction of sp³-hybridized carbons (Fsp3) is 0.556. The zero-order chi connectivity index (χ0) is 9.52. The van der Waals surface area contributed by atoms with Gasteiger partial charge in [0, 0.05) is 12.8 Å². The molecule has 1 rings (SSSR count). The van der Waals surface area contributed by atoms with Gasteiger partial charge in [0.25, 0.3) is 0 Å². The summed E-state index contributed by atoms with van der Waals surface area (Å²) in [6.07, 6.45) is 3.28. The lowest BCUT2D eigenvalue weighted by Crippen LogP contribution is -2.22. The Labute approximate surface area is 78.4 Å². The molecule has 0 aromatic carbocycles. The van der Waals surface area contributed by atoms with Gasteiger partial charge in [-0.15, -0.1) is 0 Å². The van der Waals surface area contributed by atoms with Crippen LogP contribution < -0.4 is 5.32 Å². The van der Waals surface area contributed by atoms with Gasteiger partial charge in [-0.3, -0.25) is 0 Å². The Kier molecular flexibility index (Phi) is 4.35. The lowest BCUT2D eigenvalue weighted by atomic mass is 10.2. The van der Waals surface area contributed by atoms with Crippen molar-refractivity contribution in [2.24, 2.45) is 0 Å². The smallest absolute Gasteiger partial charge is 0.115 e. The van der Waals surface area contributed by atoms with E-state index in [1.807, 2.05) is 20.0 Å². The van der Waals surface area contributed by atoms with Crippen molar-refractivity contribution in [3.05, 3.63) is 24.3 Å². The molecule has 0 saturated carbocycles. The highest BCUT2D eigenvalue weighted by molar-refractivity contribution is 5.04. The predicted octanol–water partition coefficient (Wildman–Crippen LogP) is 0.774. The third kappa shape index (κ3) is 3.08. The maximum absolute atomic E-state index is 5.32. The molecule has 0 amide bonds. The van der Waals surface area contributed by atoms with Gasteiger partial charge in [-0.1, -0.05) is 0 Å². The van der Waals surface area contributed by atoms with Crippen LogP contribution >= 0.6 is 0 Å². The summed E-state index contributed by atoms with van der Waals surface area (Å²) in [6.45, 7) is 3.35. The molecule has 1 N–H and O–H groups in total. The molecule has 0 aliphatic carbocycles. The molecule has 0 saturated heterocycles. The van der Waals surface area contributed by atoms with Crippen molar-refractivity contribution < 1.29 is 4.74 Å².